The highest BCUT2D eigenvalue weighted by atomic mass is 19.4. The Morgan fingerprint density at radius 1 is 1.42 bits per heavy atom. The third-order valence-electron chi connectivity index (χ3n) is 2.92. The van der Waals surface area contributed by atoms with E-state index in [0.717, 1.165) is 12.1 Å². The van der Waals surface area contributed by atoms with Crippen molar-refractivity contribution in [3.8, 4) is 0 Å². The molecule has 7 heteroatoms. The maximum absolute atomic E-state index is 12.6. The van der Waals surface area contributed by atoms with E-state index in [1.165, 1.54) is 17.0 Å². The van der Waals surface area contributed by atoms with Gasteiger partial charge in [0, 0.05) is 6.54 Å². The predicted molar refractivity (Wildman–Crippen MR) is 59.3 cm³/mol. The van der Waals surface area contributed by atoms with Crippen molar-refractivity contribution < 1.29 is 27.8 Å². The molecule has 0 radical (unpaired) electrons. The van der Waals surface area contributed by atoms with Crippen molar-refractivity contribution in [3.63, 3.8) is 0 Å². The van der Waals surface area contributed by atoms with Crippen LogP contribution < -0.4 is 0 Å². The number of β-amino-alcohol motifs (C(OH)–C–C–N with tert-alkyl or cyclic N) is 1. The molecule has 1 aromatic carbocycles. The molecule has 1 unspecified atom stereocenters. The highest BCUT2D eigenvalue weighted by molar-refractivity contribution is 5.70. The van der Waals surface area contributed by atoms with E-state index in [9.17, 15) is 18.0 Å². The molecule has 1 N–H and O–H groups in total. The van der Waals surface area contributed by atoms with Crippen LogP contribution in [-0.4, -0.2) is 35.9 Å². The third-order valence-corrected chi connectivity index (χ3v) is 2.92. The smallest absolute Gasteiger partial charge is 0.416 e. The van der Waals surface area contributed by atoms with Gasteiger partial charge in [0.05, 0.1) is 18.2 Å². The van der Waals surface area contributed by atoms with Crippen molar-refractivity contribution in [1.29, 1.82) is 0 Å². The second kappa shape index (κ2) is 5.08. The lowest BCUT2D eigenvalue weighted by Crippen LogP contribution is -2.30. The lowest BCUT2D eigenvalue weighted by Gasteiger charge is -2.21. The molecule has 0 aromatic heterocycles. The summed E-state index contributed by atoms with van der Waals surface area (Å²) < 4.78 is 42.7. The second-order valence-corrected chi connectivity index (χ2v) is 4.13. The molecule has 1 aliphatic rings. The number of ether oxygens (including phenoxy) is 1. The molecule has 1 amide bonds. The van der Waals surface area contributed by atoms with Gasteiger partial charge in [0.2, 0.25) is 0 Å². The van der Waals surface area contributed by atoms with Gasteiger partial charge in [-0.2, -0.15) is 13.2 Å². The first-order valence-electron chi connectivity index (χ1n) is 5.65. The quantitative estimate of drug-likeness (QED) is 0.920. The van der Waals surface area contributed by atoms with Crippen molar-refractivity contribution in [2.75, 3.05) is 19.8 Å². The van der Waals surface area contributed by atoms with E-state index in [-0.39, 0.29) is 19.8 Å². The molecular weight excluding hydrogens is 263 g/mol. The molecule has 1 aromatic rings. The highest BCUT2D eigenvalue weighted by Gasteiger charge is 2.36. The van der Waals surface area contributed by atoms with Gasteiger partial charge >= 0.3 is 12.3 Å². The molecule has 19 heavy (non-hydrogen) atoms. The minimum Gasteiger partial charge on any atom is -0.447 e. The van der Waals surface area contributed by atoms with Crippen LogP contribution >= 0.6 is 0 Å². The van der Waals surface area contributed by atoms with Crippen LogP contribution in [0.1, 0.15) is 17.2 Å². The summed E-state index contributed by atoms with van der Waals surface area (Å²) in [6, 6.07) is 4.17. The number of amides is 1. The topological polar surface area (TPSA) is 49.8 Å². The van der Waals surface area contributed by atoms with E-state index >= 15 is 0 Å². The van der Waals surface area contributed by atoms with Crippen LogP contribution in [0.5, 0.6) is 0 Å². The van der Waals surface area contributed by atoms with E-state index in [1.54, 1.807) is 0 Å². The number of aliphatic hydroxyl groups excluding tert-OH is 1. The molecule has 1 saturated heterocycles. The second-order valence-electron chi connectivity index (χ2n) is 4.13. The van der Waals surface area contributed by atoms with Gasteiger partial charge in [-0.15, -0.1) is 0 Å². The Kier molecular flexibility index (Phi) is 3.66. The van der Waals surface area contributed by atoms with Gasteiger partial charge in [-0.25, -0.2) is 4.79 Å². The SMILES string of the molecule is O=C1OCC(c2cccc(C(F)(F)F)c2)N1CCO. The summed E-state index contributed by atoms with van der Waals surface area (Å²) in [5.74, 6) is 0. The summed E-state index contributed by atoms with van der Waals surface area (Å²) in [5.41, 5.74) is -0.428. The summed E-state index contributed by atoms with van der Waals surface area (Å²) in [5, 5.41) is 8.86. The fourth-order valence-corrected chi connectivity index (χ4v) is 2.00. The fraction of sp³-hybridized carbons (Fsp3) is 0.417. The Hall–Kier alpha value is -1.76. The molecule has 0 aliphatic carbocycles. The average Bonchev–Trinajstić information content (AvgIpc) is 2.71. The zero-order chi connectivity index (χ0) is 14.0. The monoisotopic (exact) mass is 275 g/mol. The third kappa shape index (κ3) is 2.81. The number of rotatable bonds is 3. The average molecular weight is 275 g/mol. The first-order chi connectivity index (χ1) is 8.93. The van der Waals surface area contributed by atoms with Gasteiger partial charge in [0.25, 0.3) is 0 Å². The molecule has 0 spiro atoms. The zero-order valence-electron chi connectivity index (χ0n) is 9.85. The Bertz CT molecular complexity index is 476. The van der Waals surface area contributed by atoms with E-state index < -0.39 is 23.9 Å². The van der Waals surface area contributed by atoms with E-state index in [2.05, 4.69) is 0 Å². The number of cyclic esters (lactones) is 1. The number of halogens is 3. The molecule has 1 aliphatic heterocycles. The van der Waals surface area contributed by atoms with Crippen molar-refractivity contribution in [2.24, 2.45) is 0 Å². The number of aliphatic hydroxyl groups is 1. The summed E-state index contributed by atoms with van der Waals surface area (Å²) in [6.07, 6.45) is -5.06. The first kappa shape index (κ1) is 13.7. The molecule has 1 atom stereocenters. The van der Waals surface area contributed by atoms with Gasteiger partial charge in [-0.1, -0.05) is 12.1 Å². The maximum atomic E-state index is 12.6. The van der Waals surface area contributed by atoms with Crippen molar-refractivity contribution in [3.05, 3.63) is 35.4 Å². The van der Waals surface area contributed by atoms with Crippen LogP contribution in [0.4, 0.5) is 18.0 Å². The molecule has 0 saturated carbocycles. The Morgan fingerprint density at radius 3 is 2.79 bits per heavy atom. The minimum atomic E-state index is -4.43. The Labute approximate surface area is 107 Å². The summed E-state index contributed by atoms with van der Waals surface area (Å²) in [7, 11) is 0. The minimum absolute atomic E-state index is 0.0137. The largest absolute Gasteiger partial charge is 0.447 e. The number of carbonyl (C=O) groups is 1. The first-order valence-corrected chi connectivity index (χ1v) is 5.65. The number of hydrogen-bond acceptors (Lipinski definition) is 3. The summed E-state index contributed by atoms with van der Waals surface area (Å²) >= 11 is 0. The summed E-state index contributed by atoms with van der Waals surface area (Å²) in [6.45, 7) is -0.259. The number of nitrogens with zero attached hydrogens (tertiary/aromatic N) is 1. The van der Waals surface area contributed by atoms with Crippen LogP contribution in [-0.2, 0) is 10.9 Å². The molecule has 1 heterocycles. The van der Waals surface area contributed by atoms with Gasteiger partial charge in [0.15, 0.2) is 0 Å². The standard InChI is InChI=1S/C12H12F3NO3/c13-12(14,15)9-3-1-2-8(6-9)10-7-19-11(18)16(10)4-5-17/h1-3,6,10,17H,4-5,7H2. The van der Waals surface area contributed by atoms with Crippen molar-refractivity contribution >= 4 is 6.09 Å². The van der Waals surface area contributed by atoms with E-state index in [0.29, 0.717) is 5.56 Å². The van der Waals surface area contributed by atoms with Crippen LogP contribution in [0.15, 0.2) is 24.3 Å². The van der Waals surface area contributed by atoms with E-state index in [4.69, 9.17) is 9.84 Å². The fourth-order valence-electron chi connectivity index (χ4n) is 2.00. The van der Waals surface area contributed by atoms with Crippen LogP contribution in [0.3, 0.4) is 0 Å². The van der Waals surface area contributed by atoms with Crippen molar-refractivity contribution in [2.45, 2.75) is 12.2 Å². The molecule has 2 rings (SSSR count). The number of alkyl halides is 3. The lowest BCUT2D eigenvalue weighted by molar-refractivity contribution is -0.137. The Balaban J connectivity index is 2.29. The maximum Gasteiger partial charge on any atom is 0.416 e. The van der Waals surface area contributed by atoms with Crippen molar-refractivity contribution in [1.82, 2.24) is 4.90 Å². The van der Waals surface area contributed by atoms with Crippen LogP contribution in [0.25, 0.3) is 0 Å². The van der Waals surface area contributed by atoms with E-state index in [1.807, 2.05) is 0 Å². The Morgan fingerprint density at radius 2 is 2.16 bits per heavy atom. The normalized spacial score (nSPS) is 19.7. The molecular formula is C12H12F3NO3. The summed E-state index contributed by atoms with van der Waals surface area (Å²) in [4.78, 5) is 12.6. The van der Waals surface area contributed by atoms with Crippen LogP contribution in [0.2, 0.25) is 0 Å². The predicted octanol–water partition coefficient (Wildman–Crippen LogP) is 2.19. The number of benzene rings is 1. The highest BCUT2D eigenvalue weighted by Crippen LogP contribution is 2.33. The molecule has 104 valence electrons. The lowest BCUT2D eigenvalue weighted by atomic mass is 10.0. The van der Waals surface area contributed by atoms with Gasteiger partial charge in [-0.05, 0) is 17.7 Å². The van der Waals surface area contributed by atoms with Crippen LogP contribution in [0, 0.1) is 0 Å². The van der Waals surface area contributed by atoms with Gasteiger partial charge in [0.1, 0.15) is 6.61 Å². The number of carbonyl (C=O) groups excluding carboxylic acids is 1. The molecule has 4 nitrogen and oxygen atoms in total. The number of hydrogen-bond donors (Lipinski definition) is 1. The van der Waals surface area contributed by atoms with Gasteiger partial charge < -0.3 is 9.84 Å². The molecule has 1 fully saturated rings. The molecule has 0 bridgehead atoms. The zero-order valence-corrected chi connectivity index (χ0v) is 9.85. The van der Waals surface area contributed by atoms with Gasteiger partial charge in [-0.3, -0.25) is 4.90 Å².